The first-order valence-electron chi connectivity index (χ1n) is 25.1. The number of nitrogens with two attached hydrogens (primary N) is 1. The van der Waals surface area contributed by atoms with Crippen molar-refractivity contribution in [3.05, 3.63) is 131 Å². The van der Waals surface area contributed by atoms with Crippen molar-refractivity contribution in [1.29, 1.82) is 0 Å². The number of aliphatic carboxylic acids is 1. The van der Waals surface area contributed by atoms with E-state index in [4.69, 9.17) is 29.3 Å². The van der Waals surface area contributed by atoms with Gasteiger partial charge < -0.3 is 35.9 Å². The summed E-state index contributed by atoms with van der Waals surface area (Å²) < 4.78 is 91.8. The number of fused-ring (bicyclic) bond motifs is 5. The Kier molecular flexibility index (Phi) is 24.0. The van der Waals surface area contributed by atoms with E-state index in [0.717, 1.165) is 45.6 Å². The molecule has 5 aromatic carbocycles. The Bertz CT molecular complexity index is 2890. The number of benzene rings is 5. The molecule has 0 radical (unpaired) electrons. The van der Waals surface area contributed by atoms with E-state index < -0.39 is 32.5 Å². The van der Waals surface area contributed by atoms with Crippen LogP contribution in [0, 0.1) is 10.8 Å². The smallest absolute Gasteiger partial charge is 0.344 e. The Morgan fingerprint density at radius 3 is 1.43 bits per heavy atom. The number of carboxylic acids is 1. The largest absolute Gasteiger partial charge is 0.344 e. The van der Waals surface area contributed by atoms with Gasteiger partial charge in [-0.3, -0.25) is 14.5 Å². The van der Waals surface area contributed by atoms with E-state index in [1.165, 1.54) is 4.85 Å². The molecule has 6 aromatic rings. The van der Waals surface area contributed by atoms with Gasteiger partial charge in [0.2, 0.25) is 5.91 Å². The number of carboxylic acid groups (broad SMARTS) is 1. The summed E-state index contributed by atoms with van der Waals surface area (Å²) in [5.74, 6) is 2.59. The number of primary amides is 1. The third-order valence-electron chi connectivity index (χ3n) is 13.2. The summed E-state index contributed by atoms with van der Waals surface area (Å²) >= 11 is 0. The second-order valence-corrected chi connectivity index (χ2v) is 25.8. The van der Waals surface area contributed by atoms with Gasteiger partial charge in [0.25, 0.3) is 0 Å². The van der Waals surface area contributed by atoms with Crippen molar-refractivity contribution in [1.82, 2.24) is 40.6 Å². The molecular weight excluding hydrogens is 1130 g/mol. The zero-order valence-corrected chi connectivity index (χ0v) is 51.4. The third kappa shape index (κ3) is 18.5. The van der Waals surface area contributed by atoms with Gasteiger partial charge in [-0.15, -0.1) is 31.9 Å². The van der Waals surface area contributed by atoms with Gasteiger partial charge in [0, 0.05) is 93.5 Å². The molecule has 2 aliphatic rings. The number of hydrogen-bond donors (Lipinski definition) is 4. The van der Waals surface area contributed by atoms with Crippen LogP contribution in [-0.4, -0.2) is 114 Å². The van der Waals surface area contributed by atoms with Crippen molar-refractivity contribution in [3.63, 3.8) is 0 Å². The van der Waals surface area contributed by atoms with E-state index in [1.54, 1.807) is 34.1 Å². The van der Waals surface area contributed by atoms with Crippen molar-refractivity contribution in [2.75, 3.05) is 56.0 Å². The minimum Gasteiger partial charge on any atom is -0.344 e. The summed E-state index contributed by atoms with van der Waals surface area (Å²) in [5.41, 5.74) is 9.33. The Morgan fingerprint density at radius 1 is 0.704 bits per heavy atom. The van der Waals surface area contributed by atoms with Gasteiger partial charge in [-0.1, -0.05) is 81.4 Å². The summed E-state index contributed by atoms with van der Waals surface area (Å²) in [5, 5.41) is 21.1. The molecule has 1 aromatic heterocycles. The number of carbonyl (C=O) groups is 2. The fourth-order valence-corrected chi connectivity index (χ4v) is 11.5. The van der Waals surface area contributed by atoms with Crippen LogP contribution in [0.5, 0.6) is 34.5 Å². The summed E-state index contributed by atoms with van der Waals surface area (Å²) in [7, 11) is 0.199. The number of nitrogens with zero attached hydrogens (tertiary/aromatic N) is 6. The van der Waals surface area contributed by atoms with E-state index >= 15 is 0 Å². The van der Waals surface area contributed by atoms with Crippen LogP contribution in [0.15, 0.2) is 109 Å². The third-order valence-corrected chi connectivity index (χ3v) is 16.3. The van der Waals surface area contributed by atoms with Gasteiger partial charge >= 0.3 is 46.9 Å². The van der Waals surface area contributed by atoms with Crippen LogP contribution in [-0.2, 0) is 9.59 Å². The van der Waals surface area contributed by atoms with Crippen molar-refractivity contribution < 1.29 is 63.4 Å². The number of ether oxygens (including phenoxy) is 4. The molecule has 7 N–H and O–H groups in total. The molecule has 0 spiro atoms. The molecule has 17 nitrogen and oxygen atoms in total. The van der Waals surface area contributed by atoms with Gasteiger partial charge in [-0.05, 0) is 94.5 Å². The van der Waals surface area contributed by atoms with Crippen LogP contribution in [0.25, 0.3) is 11.0 Å². The maximum Gasteiger partial charge on any atom is -0.344 e. The molecule has 1 amide bonds. The molecule has 8 rings (SSSR count). The van der Waals surface area contributed by atoms with E-state index in [2.05, 4.69) is 54.9 Å². The second kappa shape index (κ2) is 27.4. The average molecular weight is 1210 g/mol. The van der Waals surface area contributed by atoms with Gasteiger partial charge in [0.05, 0.1) is 25.0 Å². The number of rotatable bonds is 14. The van der Waals surface area contributed by atoms with E-state index in [9.17, 15) is 39.9 Å². The average Bonchev–Trinajstić information content (AvgIpc) is 3.77. The molecule has 2 aliphatic heterocycles. The Balaban J connectivity index is 0.000000363. The summed E-state index contributed by atoms with van der Waals surface area (Å²) in [4.78, 5) is 27.8. The first-order chi connectivity index (χ1) is 36.4. The van der Waals surface area contributed by atoms with E-state index in [1.807, 2.05) is 162 Å². The SMILES string of the molecule is CCN(C(C)C)C(C)C.CN[P+](On1nnc2ccccc21)(N(C)C)N(C)C.COc1ccc2c(c1)Oc1ccccc1[C@@H]2C(C)(C)C(=O)O.COc1ccc2c(c1)Oc1ccccc1[C@@H]2C(C)(C)C(N)=O.Cl.F[P-](F)(F)(F)(F)F.N. The number of nitrogens with one attached hydrogen (secondary N) is 1. The van der Waals surface area contributed by atoms with Crippen LogP contribution in [0.4, 0.5) is 25.2 Å². The molecule has 452 valence electrons. The number of halogens is 7. The molecule has 3 heterocycles. The van der Waals surface area contributed by atoms with E-state index in [-0.39, 0.29) is 36.3 Å². The van der Waals surface area contributed by atoms with Gasteiger partial charge in [0.1, 0.15) is 45.5 Å². The van der Waals surface area contributed by atoms with Crippen LogP contribution >= 0.6 is 28.2 Å². The summed E-state index contributed by atoms with van der Waals surface area (Å²) in [6, 6.07) is 35.6. The molecule has 0 aliphatic carbocycles. The normalized spacial score (nSPS) is 15.1. The van der Waals surface area contributed by atoms with Gasteiger partial charge in [-0.2, -0.15) is 4.62 Å². The van der Waals surface area contributed by atoms with Crippen LogP contribution in [0.1, 0.15) is 96.4 Å². The maximum atomic E-state index is 12.0. The van der Waals surface area contributed by atoms with E-state index in [0.29, 0.717) is 40.8 Å². The zero-order chi connectivity index (χ0) is 59.7. The van der Waals surface area contributed by atoms with Crippen LogP contribution < -0.4 is 40.5 Å². The van der Waals surface area contributed by atoms with Gasteiger partial charge in [-0.25, -0.2) is 0 Å². The maximum absolute atomic E-state index is 12.0. The van der Waals surface area contributed by atoms with Gasteiger partial charge in [0.15, 0.2) is 0 Å². The van der Waals surface area contributed by atoms with Crippen molar-refractivity contribution in [2.24, 2.45) is 16.6 Å². The fraction of sp³-hybridized carbons (Fsp3) is 0.418. The zero-order valence-electron chi connectivity index (χ0n) is 48.8. The number of para-hydroxylation sites is 3. The summed E-state index contributed by atoms with van der Waals surface area (Å²) in [6.07, 6.45) is 0. The van der Waals surface area contributed by atoms with Crippen molar-refractivity contribution >= 4 is 51.1 Å². The molecule has 26 heteroatoms. The van der Waals surface area contributed by atoms with Crippen molar-refractivity contribution in [3.8, 4) is 34.5 Å². The molecular formula is C55H80ClF6N9O8P2. The molecule has 0 saturated carbocycles. The number of aromatic nitrogens is 3. The Labute approximate surface area is 478 Å². The minimum atomic E-state index is -10.7. The standard InChI is InChI=1S/C18H19NO3.C18H18O4.C11H20N6OP.C8H19N.ClH.F6P.H3N/c2*1-18(2,17(19)20)16-12-6-4-5-7-14(12)22-15-10-11(21-3)8-9-13(15)16;1-12-19(15(2)3,16(4)5)18-17-11-9-7-6-8-10(11)13-14-17;1-6-9(7(2)3)8(4)5;;1-7(2,3,4,5)6;/h4-10,16H,1-3H3,(H2,19,20);4-10,16H,1-3H3,(H,19,20);6-9,12H,1-5H3;7-8H,6H2,1-5H3;1H;;1H3/q;;+1;;;-1;/t2*16-;;;;;/m00...../s1. The topological polar surface area (TPSA) is 214 Å². The van der Waals surface area contributed by atoms with Crippen LogP contribution in [0.3, 0.4) is 0 Å². The molecule has 2 atom stereocenters. The first kappa shape index (κ1) is 71.1. The second-order valence-electron chi connectivity index (χ2n) is 20.5. The predicted molar refractivity (Wildman–Crippen MR) is 313 cm³/mol. The van der Waals surface area contributed by atoms with Crippen LogP contribution in [0.2, 0.25) is 0 Å². The monoisotopic (exact) mass is 1210 g/mol. The number of methoxy groups -OCH3 is 2. The van der Waals surface area contributed by atoms with Crippen molar-refractivity contribution in [2.45, 2.75) is 86.2 Å². The number of carbonyl (C=O) groups excluding carboxylic acids is 1. The molecule has 0 bridgehead atoms. The number of hydrogen-bond acceptors (Lipinski definition) is 14. The first-order valence-corrected chi connectivity index (χ1v) is 28.8. The Hall–Kier alpha value is -6.03. The molecule has 0 saturated heterocycles. The molecule has 81 heavy (non-hydrogen) atoms. The summed E-state index contributed by atoms with van der Waals surface area (Å²) in [6.45, 7) is 19.6. The predicted octanol–water partition coefficient (Wildman–Crippen LogP) is 14.5. The Morgan fingerprint density at radius 2 is 1.09 bits per heavy atom. The number of amides is 1. The quantitative estimate of drug-likeness (QED) is 0.0590. The molecule has 0 unspecified atom stereocenters. The fourth-order valence-electron chi connectivity index (χ4n) is 9.24. The molecule has 0 fully saturated rings. The minimum absolute atomic E-state index is 0.